The quantitative estimate of drug-likeness (QED) is 0.388. The summed E-state index contributed by atoms with van der Waals surface area (Å²) in [6.45, 7) is 4.07. The highest BCUT2D eigenvalue weighted by molar-refractivity contribution is 7.10. The third kappa shape index (κ3) is 4.83. The molecule has 0 saturated carbocycles. The van der Waals surface area contributed by atoms with Crippen molar-refractivity contribution < 1.29 is 14.0 Å². The third-order valence-electron chi connectivity index (χ3n) is 5.61. The number of benzene rings is 2. The maximum absolute atomic E-state index is 14.2. The topological polar surface area (TPSA) is 40.6 Å². The normalized spacial score (nSPS) is 15.1. The second-order valence-electron chi connectivity index (χ2n) is 7.66. The van der Waals surface area contributed by atoms with E-state index in [-0.39, 0.29) is 24.6 Å². The summed E-state index contributed by atoms with van der Waals surface area (Å²) in [4.78, 5) is 30.8. The molecule has 0 saturated heterocycles. The number of carbonyl (C=O) groups excluding carboxylic acids is 2. The van der Waals surface area contributed by atoms with Crippen LogP contribution < -0.4 is 0 Å². The maximum Gasteiger partial charge on any atom is 0.257 e. The van der Waals surface area contributed by atoms with Gasteiger partial charge in [-0.1, -0.05) is 47.5 Å². The van der Waals surface area contributed by atoms with E-state index >= 15 is 0 Å². The van der Waals surface area contributed by atoms with Gasteiger partial charge in [-0.05, 0) is 53.3 Å². The van der Waals surface area contributed by atoms with Crippen molar-refractivity contribution in [1.82, 2.24) is 9.80 Å². The number of rotatable bonds is 6. The van der Waals surface area contributed by atoms with Gasteiger partial charge in [0.25, 0.3) is 5.91 Å². The van der Waals surface area contributed by atoms with Gasteiger partial charge in [-0.15, -0.1) is 17.9 Å². The predicted octanol–water partition coefficient (Wildman–Crippen LogP) is 6.00. The van der Waals surface area contributed by atoms with Crippen molar-refractivity contribution in [1.29, 1.82) is 0 Å². The van der Waals surface area contributed by atoms with Crippen LogP contribution in [0.4, 0.5) is 4.39 Å². The monoisotopic (exact) mass is 502 g/mol. The third-order valence-corrected chi connectivity index (χ3v) is 7.17. The van der Waals surface area contributed by atoms with E-state index < -0.39 is 17.8 Å². The molecule has 0 radical (unpaired) electrons. The highest BCUT2D eigenvalue weighted by Crippen LogP contribution is 2.41. The Hall–Kier alpha value is -2.67. The number of amides is 2. The van der Waals surface area contributed by atoms with E-state index in [4.69, 9.17) is 23.2 Å². The fourth-order valence-electron chi connectivity index (χ4n) is 4.08. The van der Waals surface area contributed by atoms with Crippen LogP contribution in [0.25, 0.3) is 0 Å². The fraction of sp³-hybridized carbons (Fsp3) is 0.200. The SMILES string of the molecule is C=CCN(CC(=O)N1CCc2sccc2C1c1ccc(Cl)cc1Cl)C(=O)c1ccccc1F. The van der Waals surface area contributed by atoms with Crippen LogP contribution in [0.2, 0.25) is 10.0 Å². The predicted molar refractivity (Wildman–Crippen MR) is 131 cm³/mol. The first kappa shape index (κ1) is 23.5. The second kappa shape index (κ2) is 10.1. The summed E-state index contributed by atoms with van der Waals surface area (Å²) in [5.74, 6) is -1.44. The lowest BCUT2D eigenvalue weighted by Gasteiger charge is -2.38. The fourth-order valence-corrected chi connectivity index (χ4v) is 5.49. The van der Waals surface area contributed by atoms with Gasteiger partial charge in [-0.3, -0.25) is 9.59 Å². The van der Waals surface area contributed by atoms with E-state index in [2.05, 4.69) is 6.58 Å². The number of nitrogens with zero attached hydrogens (tertiary/aromatic N) is 2. The number of halogens is 3. The first-order valence-corrected chi connectivity index (χ1v) is 12.0. The van der Waals surface area contributed by atoms with Crippen LogP contribution in [0.3, 0.4) is 0 Å². The van der Waals surface area contributed by atoms with Crippen LogP contribution in [-0.2, 0) is 11.2 Å². The molecule has 1 unspecified atom stereocenters. The average Bonchev–Trinajstić information content (AvgIpc) is 3.27. The molecule has 2 heterocycles. The Morgan fingerprint density at radius 2 is 1.97 bits per heavy atom. The van der Waals surface area contributed by atoms with E-state index in [0.717, 1.165) is 11.1 Å². The highest BCUT2D eigenvalue weighted by Gasteiger charge is 2.35. The summed E-state index contributed by atoms with van der Waals surface area (Å²) >= 11 is 14.3. The first-order valence-electron chi connectivity index (χ1n) is 10.4. The second-order valence-corrected chi connectivity index (χ2v) is 9.50. The van der Waals surface area contributed by atoms with Crippen molar-refractivity contribution >= 4 is 46.4 Å². The largest absolute Gasteiger partial charge is 0.330 e. The lowest BCUT2D eigenvalue weighted by atomic mass is 9.93. The smallest absolute Gasteiger partial charge is 0.257 e. The van der Waals surface area contributed by atoms with Gasteiger partial charge >= 0.3 is 0 Å². The summed E-state index contributed by atoms with van der Waals surface area (Å²) in [7, 11) is 0. The zero-order valence-corrected chi connectivity index (χ0v) is 20.0. The first-order chi connectivity index (χ1) is 15.9. The molecule has 1 aromatic heterocycles. The van der Waals surface area contributed by atoms with Crippen LogP contribution >= 0.6 is 34.5 Å². The molecule has 4 rings (SSSR count). The minimum atomic E-state index is -0.629. The van der Waals surface area contributed by atoms with Crippen molar-refractivity contribution in [2.45, 2.75) is 12.5 Å². The Labute approximate surface area is 205 Å². The molecular weight excluding hydrogens is 482 g/mol. The van der Waals surface area contributed by atoms with Crippen molar-refractivity contribution in [3.05, 3.63) is 104 Å². The molecule has 4 nitrogen and oxygen atoms in total. The van der Waals surface area contributed by atoms with Gasteiger partial charge in [-0.25, -0.2) is 4.39 Å². The van der Waals surface area contributed by atoms with Crippen molar-refractivity contribution in [3.63, 3.8) is 0 Å². The van der Waals surface area contributed by atoms with Crippen molar-refractivity contribution in [2.75, 3.05) is 19.6 Å². The molecular formula is C25H21Cl2FN2O2S. The molecule has 0 N–H and O–H groups in total. The molecule has 1 atom stereocenters. The minimum Gasteiger partial charge on any atom is -0.330 e. The van der Waals surface area contributed by atoms with Gasteiger partial charge in [-0.2, -0.15) is 0 Å². The van der Waals surface area contributed by atoms with Gasteiger partial charge in [0, 0.05) is 28.0 Å². The highest BCUT2D eigenvalue weighted by atomic mass is 35.5. The lowest BCUT2D eigenvalue weighted by Crippen LogP contribution is -2.47. The van der Waals surface area contributed by atoms with Crippen LogP contribution in [0.1, 0.15) is 32.4 Å². The Bertz CT molecular complexity index is 1210. The van der Waals surface area contributed by atoms with Gasteiger partial charge in [0.15, 0.2) is 0 Å². The Morgan fingerprint density at radius 1 is 1.18 bits per heavy atom. The van der Waals surface area contributed by atoms with Crippen LogP contribution in [0, 0.1) is 5.82 Å². The lowest BCUT2D eigenvalue weighted by molar-refractivity contribution is -0.133. The molecule has 8 heteroatoms. The number of fused-ring (bicyclic) bond motifs is 1. The molecule has 170 valence electrons. The number of carbonyl (C=O) groups is 2. The van der Waals surface area contributed by atoms with E-state index in [9.17, 15) is 14.0 Å². The molecule has 1 aliphatic heterocycles. The molecule has 0 fully saturated rings. The van der Waals surface area contributed by atoms with E-state index in [1.165, 1.54) is 34.1 Å². The van der Waals surface area contributed by atoms with Crippen LogP contribution in [0.5, 0.6) is 0 Å². The van der Waals surface area contributed by atoms with Gasteiger partial charge in [0.2, 0.25) is 5.91 Å². The van der Waals surface area contributed by atoms with Gasteiger partial charge in [0.1, 0.15) is 12.4 Å². The molecule has 0 spiro atoms. The summed E-state index contributed by atoms with van der Waals surface area (Å²) < 4.78 is 14.2. The molecule has 3 aromatic rings. The standard InChI is InChI=1S/C25H21Cl2FN2O2S/c1-2-11-29(25(32)18-5-3-4-6-21(18)28)15-23(31)30-12-9-22-19(10-13-33-22)24(30)17-8-7-16(26)14-20(17)27/h2-8,10,13-14,24H,1,9,11-12,15H2. The van der Waals surface area contributed by atoms with E-state index in [1.807, 2.05) is 17.5 Å². The molecule has 0 aliphatic carbocycles. The molecule has 2 amide bonds. The van der Waals surface area contributed by atoms with E-state index in [1.54, 1.807) is 34.4 Å². The Balaban J connectivity index is 1.65. The maximum atomic E-state index is 14.2. The number of hydrogen-bond acceptors (Lipinski definition) is 3. The summed E-state index contributed by atoms with van der Waals surface area (Å²) in [5.41, 5.74) is 1.70. The Morgan fingerprint density at radius 3 is 2.70 bits per heavy atom. The molecule has 33 heavy (non-hydrogen) atoms. The summed E-state index contributed by atoms with van der Waals surface area (Å²) in [5, 5.41) is 2.98. The van der Waals surface area contributed by atoms with Crippen molar-refractivity contribution in [2.24, 2.45) is 0 Å². The van der Waals surface area contributed by atoms with E-state index in [0.29, 0.717) is 23.0 Å². The minimum absolute atomic E-state index is 0.0804. The summed E-state index contributed by atoms with van der Waals surface area (Å²) in [6, 6.07) is 12.6. The Kier molecular flexibility index (Phi) is 7.17. The van der Waals surface area contributed by atoms with Crippen molar-refractivity contribution in [3.8, 4) is 0 Å². The molecule has 0 bridgehead atoms. The number of hydrogen-bond donors (Lipinski definition) is 0. The molecule has 2 aromatic carbocycles. The summed E-state index contributed by atoms with van der Waals surface area (Å²) in [6.07, 6.45) is 2.23. The zero-order valence-electron chi connectivity index (χ0n) is 17.6. The molecule has 1 aliphatic rings. The van der Waals surface area contributed by atoms with Crippen LogP contribution in [-0.4, -0.2) is 41.2 Å². The van der Waals surface area contributed by atoms with Crippen LogP contribution in [0.15, 0.2) is 66.6 Å². The van der Waals surface area contributed by atoms with Gasteiger partial charge in [0.05, 0.1) is 11.6 Å². The average molecular weight is 503 g/mol. The van der Waals surface area contributed by atoms with Gasteiger partial charge < -0.3 is 9.80 Å². The number of thiophene rings is 1. The zero-order chi connectivity index (χ0) is 23.5.